The minimum atomic E-state index is -0.963. The number of rotatable bonds is 4. The number of halogens is 1. The van der Waals surface area contributed by atoms with Crippen molar-refractivity contribution in [2.24, 2.45) is 0 Å². The maximum Gasteiger partial charge on any atom is 0.327 e. The number of aliphatic carboxylic acids is 1. The highest BCUT2D eigenvalue weighted by Gasteiger charge is 2.40. The van der Waals surface area contributed by atoms with Gasteiger partial charge in [-0.15, -0.1) is 11.8 Å². The van der Waals surface area contributed by atoms with Crippen molar-refractivity contribution < 1.29 is 14.7 Å². The lowest BCUT2D eigenvalue weighted by atomic mass is 10.2. The van der Waals surface area contributed by atoms with Gasteiger partial charge in [-0.25, -0.2) is 4.79 Å². The Morgan fingerprint density at radius 1 is 1.55 bits per heavy atom. The van der Waals surface area contributed by atoms with Crippen LogP contribution in [-0.2, 0) is 11.3 Å². The Balaban J connectivity index is 2.32. The van der Waals surface area contributed by atoms with Gasteiger partial charge in [0.25, 0.3) is 5.91 Å². The van der Waals surface area contributed by atoms with E-state index in [0.717, 1.165) is 6.42 Å². The van der Waals surface area contributed by atoms with Crippen molar-refractivity contribution in [3.05, 3.63) is 23.0 Å². The van der Waals surface area contributed by atoms with Gasteiger partial charge in [0, 0.05) is 18.5 Å². The summed E-state index contributed by atoms with van der Waals surface area (Å²) in [5.41, 5.74) is 0.456. The third-order valence-corrected chi connectivity index (χ3v) is 4.71. The quantitative estimate of drug-likeness (QED) is 0.927. The van der Waals surface area contributed by atoms with Crippen molar-refractivity contribution >= 4 is 35.2 Å². The predicted molar refractivity (Wildman–Crippen MR) is 79.2 cm³/mol. The molecule has 110 valence electrons. The number of hydrogen-bond donors (Lipinski definition) is 1. The minimum absolute atomic E-state index is 0.146. The molecule has 7 heteroatoms. The van der Waals surface area contributed by atoms with Crippen LogP contribution >= 0.6 is 23.4 Å². The molecule has 2 atom stereocenters. The second kappa shape index (κ2) is 6.10. The second-order valence-electron chi connectivity index (χ2n) is 4.74. The number of carboxylic acids is 1. The molecule has 1 N–H and O–H groups in total. The average molecular weight is 317 g/mol. The fraction of sp³-hybridized carbons (Fsp3) is 0.538. The topological polar surface area (TPSA) is 62.5 Å². The first-order valence-corrected chi connectivity index (χ1v) is 7.91. The Morgan fingerprint density at radius 2 is 2.25 bits per heavy atom. The van der Waals surface area contributed by atoms with Crippen LogP contribution in [0.1, 0.15) is 30.8 Å². The molecular weight excluding hydrogens is 300 g/mol. The summed E-state index contributed by atoms with van der Waals surface area (Å²) in [7, 11) is 0. The van der Waals surface area contributed by atoms with Gasteiger partial charge >= 0.3 is 5.97 Å². The molecule has 0 bridgehead atoms. The maximum atomic E-state index is 12.7. The molecule has 1 fully saturated rings. The third kappa shape index (κ3) is 2.81. The molecule has 2 heterocycles. The summed E-state index contributed by atoms with van der Waals surface area (Å²) in [5.74, 6) is -0.810. The van der Waals surface area contributed by atoms with Gasteiger partial charge in [0.1, 0.15) is 11.7 Å². The number of aromatic nitrogens is 1. The van der Waals surface area contributed by atoms with E-state index in [0.29, 0.717) is 23.0 Å². The molecule has 20 heavy (non-hydrogen) atoms. The number of hydrogen-bond acceptors (Lipinski definition) is 3. The first-order chi connectivity index (χ1) is 9.45. The van der Waals surface area contributed by atoms with Crippen LogP contribution in [0.2, 0.25) is 5.02 Å². The molecule has 0 aliphatic carbocycles. The number of amides is 1. The number of carbonyl (C=O) groups is 2. The summed E-state index contributed by atoms with van der Waals surface area (Å²) in [6.45, 7) is 4.54. The van der Waals surface area contributed by atoms with Crippen LogP contribution < -0.4 is 0 Å². The standard InChI is InChI=1S/C13H17ClN2O3S/c1-3-4-15-6-9(14)5-10(15)12(17)16-8(2)20-7-11(16)13(18)19/h5-6,8,11H,3-4,7H2,1-2H3,(H,18,19). The molecule has 0 spiro atoms. The van der Waals surface area contributed by atoms with E-state index in [1.807, 2.05) is 13.8 Å². The van der Waals surface area contributed by atoms with Crippen LogP contribution in [0, 0.1) is 0 Å². The molecule has 1 aromatic heterocycles. The fourth-order valence-corrected chi connectivity index (χ4v) is 3.74. The van der Waals surface area contributed by atoms with Crippen molar-refractivity contribution in [2.45, 2.75) is 38.2 Å². The predicted octanol–water partition coefficient (Wildman–Crippen LogP) is 2.54. The summed E-state index contributed by atoms with van der Waals surface area (Å²) in [6, 6.07) is 0.833. The van der Waals surface area contributed by atoms with Crippen LogP contribution in [0.25, 0.3) is 0 Å². The van der Waals surface area contributed by atoms with Crippen molar-refractivity contribution in [2.75, 3.05) is 5.75 Å². The Labute approximate surface area is 126 Å². The molecule has 1 amide bonds. The first-order valence-electron chi connectivity index (χ1n) is 6.48. The SMILES string of the molecule is CCCn1cc(Cl)cc1C(=O)N1C(C)SCC1C(=O)O. The van der Waals surface area contributed by atoms with Gasteiger partial charge in [-0.2, -0.15) is 0 Å². The van der Waals surface area contributed by atoms with Crippen molar-refractivity contribution in [3.8, 4) is 0 Å². The number of aryl methyl sites for hydroxylation is 1. The van der Waals surface area contributed by atoms with Crippen LogP contribution in [0.15, 0.2) is 12.3 Å². The highest BCUT2D eigenvalue weighted by Crippen LogP contribution is 2.31. The molecule has 1 saturated heterocycles. The van der Waals surface area contributed by atoms with E-state index >= 15 is 0 Å². The Hall–Kier alpha value is -1.14. The van der Waals surface area contributed by atoms with Crippen molar-refractivity contribution in [1.29, 1.82) is 0 Å². The smallest absolute Gasteiger partial charge is 0.327 e. The van der Waals surface area contributed by atoms with Gasteiger partial charge in [-0.1, -0.05) is 18.5 Å². The summed E-state index contributed by atoms with van der Waals surface area (Å²) in [6.07, 6.45) is 2.58. The first kappa shape index (κ1) is 15.3. The Kier molecular flexibility index (Phi) is 4.65. The number of carboxylic acid groups (broad SMARTS) is 1. The molecule has 2 unspecified atom stereocenters. The van der Waals surface area contributed by atoms with Gasteiger partial charge < -0.3 is 14.6 Å². The lowest BCUT2D eigenvalue weighted by Gasteiger charge is -2.25. The fourth-order valence-electron chi connectivity index (χ4n) is 2.35. The Bertz CT molecular complexity index is 532. The van der Waals surface area contributed by atoms with E-state index in [2.05, 4.69) is 0 Å². The molecular formula is C13H17ClN2O3S. The van der Waals surface area contributed by atoms with Crippen LogP contribution in [0.5, 0.6) is 0 Å². The van der Waals surface area contributed by atoms with Crippen molar-refractivity contribution in [3.63, 3.8) is 0 Å². The highest BCUT2D eigenvalue weighted by molar-refractivity contribution is 8.00. The zero-order chi connectivity index (χ0) is 14.9. The highest BCUT2D eigenvalue weighted by atomic mass is 35.5. The zero-order valence-corrected chi connectivity index (χ0v) is 12.9. The van der Waals surface area contributed by atoms with E-state index in [9.17, 15) is 14.7 Å². The van der Waals surface area contributed by atoms with Crippen LogP contribution in [-0.4, -0.2) is 43.6 Å². The summed E-state index contributed by atoms with van der Waals surface area (Å²) >= 11 is 7.45. The molecule has 0 radical (unpaired) electrons. The number of thioether (sulfide) groups is 1. The maximum absolute atomic E-state index is 12.7. The van der Waals surface area contributed by atoms with Gasteiger partial charge in [0.05, 0.1) is 10.4 Å². The molecule has 2 rings (SSSR count). The van der Waals surface area contributed by atoms with Gasteiger partial charge in [-0.05, 0) is 19.4 Å². The van der Waals surface area contributed by atoms with E-state index < -0.39 is 12.0 Å². The van der Waals surface area contributed by atoms with Gasteiger partial charge in [0.2, 0.25) is 0 Å². The Morgan fingerprint density at radius 3 is 2.85 bits per heavy atom. The van der Waals surface area contributed by atoms with Gasteiger partial charge in [-0.3, -0.25) is 4.79 Å². The third-order valence-electron chi connectivity index (χ3n) is 3.29. The molecule has 1 aromatic rings. The summed E-state index contributed by atoms with van der Waals surface area (Å²) < 4.78 is 1.79. The summed E-state index contributed by atoms with van der Waals surface area (Å²) in [5, 5.41) is 9.58. The van der Waals surface area contributed by atoms with E-state index in [4.69, 9.17) is 11.6 Å². The largest absolute Gasteiger partial charge is 0.480 e. The normalized spacial score (nSPS) is 22.2. The lowest BCUT2D eigenvalue weighted by Crippen LogP contribution is -2.45. The van der Waals surface area contributed by atoms with Crippen LogP contribution in [0.4, 0.5) is 0 Å². The molecule has 0 aromatic carbocycles. The second-order valence-corrected chi connectivity index (χ2v) is 6.52. The number of nitrogens with zero attached hydrogens (tertiary/aromatic N) is 2. The molecule has 1 aliphatic rings. The lowest BCUT2D eigenvalue weighted by molar-refractivity contribution is -0.141. The van der Waals surface area contributed by atoms with E-state index in [1.54, 1.807) is 16.8 Å². The van der Waals surface area contributed by atoms with Gasteiger partial charge in [0.15, 0.2) is 0 Å². The average Bonchev–Trinajstić information content (AvgIpc) is 2.92. The molecule has 1 aliphatic heterocycles. The van der Waals surface area contributed by atoms with E-state index in [-0.39, 0.29) is 11.3 Å². The van der Waals surface area contributed by atoms with Crippen molar-refractivity contribution in [1.82, 2.24) is 9.47 Å². The van der Waals surface area contributed by atoms with E-state index in [1.165, 1.54) is 16.7 Å². The minimum Gasteiger partial charge on any atom is -0.480 e. The summed E-state index contributed by atoms with van der Waals surface area (Å²) in [4.78, 5) is 25.4. The monoisotopic (exact) mass is 316 g/mol. The van der Waals surface area contributed by atoms with Crippen LogP contribution in [0.3, 0.4) is 0 Å². The molecule has 5 nitrogen and oxygen atoms in total. The zero-order valence-electron chi connectivity index (χ0n) is 11.4. The molecule has 0 saturated carbocycles. The number of carbonyl (C=O) groups excluding carboxylic acids is 1.